The van der Waals surface area contributed by atoms with Crippen molar-refractivity contribution < 1.29 is 24.2 Å². The van der Waals surface area contributed by atoms with E-state index in [0.717, 1.165) is 5.56 Å². The predicted molar refractivity (Wildman–Crippen MR) is 120 cm³/mol. The summed E-state index contributed by atoms with van der Waals surface area (Å²) in [6.45, 7) is 1.92. The zero-order chi connectivity index (χ0) is 22.8. The van der Waals surface area contributed by atoms with Crippen molar-refractivity contribution in [3.05, 3.63) is 107 Å². The molecule has 1 unspecified atom stereocenters. The molecule has 6 nitrogen and oxygen atoms in total. The molecule has 160 valence electrons. The highest BCUT2D eigenvalue weighted by molar-refractivity contribution is 6.51. The van der Waals surface area contributed by atoms with E-state index in [1.165, 1.54) is 18.1 Å². The van der Waals surface area contributed by atoms with Crippen molar-refractivity contribution in [2.45, 2.75) is 13.0 Å². The van der Waals surface area contributed by atoms with Crippen molar-refractivity contribution in [1.82, 2.24) is 0 Å². The predicted octanol–water partition coefficient (Wildman–Crippen LogP) is 4.41. The van der Waals surface area contributed by atoms with E-state index < -0.39 is 23.7 Å². The quantitative estimate of drug-likeness (QED) is 0.289. The van der Waals surface area contributed by atoms with Gasteiger partial charge in [-0.3, -0.25) is 14.5 Å². The number of Topliss-reactive ketones (excluding diaryl/α,β-unsaturated/α-hetero) is 1. The van der Waals surface area contributed by atoms with Crippen LogP contribution < -0.4 is 4.90 Å². The number of nitrogens with zero attached hydrogens (tertiary/aromatic N) is 1. The first-order chi connectivity index (χ1) is 15.4. The van der Waals surface area contributed by atoms with Gasteiger partial charge in [-0.25, -0.2) is 4.79 Å². The molecule has 3 aromatic rings. The molecule has 1 amide bonds. The Hall–Kier alpha value is -4.19. The third-order valence-corrected chi connectivity index (χ3v) is 5.43. The summed E-state index contributed by atoms with van der Waals surface area (Å²) in [6.07, 6.45) is 0. The van der Waals surface area contributed by atoms with Gasteiger partial charge in [0.05, 0.1) is 24.3 Å². The number of amides is 1. The molecule has 1 heterocycles. The third-order valence-electron chi connectivity index (χ3n) is 5.43. The van der Waals surface area contributed by atoms with E-state index in [4.69, 9.17) is 4.74 Å². The lowest BCUT2D eigenvalue weighted by atomic mass is 9.95. The fourth-order valence-electron chi connectivity index (χ4n) is 3.82. The molecular formula is C26H21NO5. The van der Waals surface area contributed by atoms with Gasteiger partial charge in [0.1, 0.15) is 5.76 Å². The zero-order valence-electron chi connectivity index (χ0n) is 17.6. The van der Waals surface area contributed by atoms with E-state index in [0.29, 0.717) is 16.8 Å². The summed E-state index contributed by atoms with van der Waals surface area (Å²) in [6, 6.07) is 21.5. The molecule has 3 aromatic carbocycles. The number of rotatable bonds is 4. The summed E-state index contributed by atoms with van der Waals surface area (Å²) in [7, 11) is 1.27. The molecule has 4 rings (SSSR count). The first-order valence-electron chi connectivity index (χ1n) is 10.0. The van der Waals surface area contributed by atoms with Gasteiger partial charge in [0.15, 0.2) is 0 Å². The van der Waals surface area contributed by atoms with Crippen molar-refractivity contribution in [3.63, 3.8) is 0 Å². The molecule has 32 heavy (non-hydrogen) atoms. The SMILES string of the molecule is COC(=O)c1cccc(N2C(=O)C(=O)/C(=C(/O)c3ccc(C)cc3)C2c2ccccc2)c1. The summed E-state index contributed by atoms with van der Waals surface area (Å²) in [5.74, 6) is -2.38. The summed E-state index contributed by atoms with van der Waals surface area (Å²) >= 11 is 0. The van der Waals surface area contributed by atoms with Crippen LogP contribution in [0.25, 0.3) is 5.76 Å². The van der Waals surface area contributed by atoms with Gasteiger partial charge in [0.2, 0.25) is 0 Å². The minimum absolute atomic E-state index is 0.00600. The number of ketones is 1. The van der Waals surface area contributed by atoms with E-state index in [1.54, 1.807) is 54.6 Å². The van der Waals surface area contributed by atoms with Gasteiger partial charge in [-0.1, -0.05) is 66.2 Å². The number of benzene rings is 3. The van der Waals surface area contributed by atoms with Crippen LogP contribution in [0.15, 0.2) is 84.4 Å². The van der Waals surface area contributed by atoms with E-state index in [9.17, 15) is 19.5 Å². The average molecular weight is 427 g/mol. The number of aryl methyl sites for hydroxylation is 1. The molecule has 1 aliphatic heterocycles. The number of aliphatic hydroxyl groups excluding tert-OH is 1. The molecule has 1 N–H and O–H groups in total. The molecular weight excluding hydrogens is 406 g/mol. The Labute approximate surface area is 185 Å². The second-order valence-corrected chi connectivity index (χ2v) is 7.49. The normalized spacial score (nSPS) is 17.4. The van der Waals surface area contributed by atoms with Crippen LogP contribution in [-0.2, 0) is 14.3 Å². The monoisotopic (exact) mass is 427 g/mol. The van der Waals surface area contributed by atoms with Gasteiger partial charge in [-0.15, -0.1) is 0 Å². The zero-order valence-corrected chi connectivity index (χ0v) is 17.6. The molecule has 0 bridgehead atoms. The molecule has 0 aromatic heterocycles. The summed E-state index contributed by atoms with van der Waals surface area (Å²) < 4.78 is 4.78. The highest BCUT2D eigenvalue weighted by Crippen LogP contribution is 2.42. The fraction of sp³-hybridized carbons (Fsp3) is 0.115. The number of methoxy groups -OCH3 is 1. The number of ether oxygens (including phenoxy) is 1. The van der Waals surface area contributed by atoms with Crippen LogP contribution in [-0.4, -0.2) is 29.9 Å². The summed E-state index contributed by atoms with van der Waals surface area (Å²) in [5.41, 5.74) is 2.69. The van der Waals surface area contributed by atoms with Crippen LogP contribution in [0.4, 0.5) is 5.69 Å². The maximum absolute atomic E-state index is 13.2. The van der Waals surface area contributed by atoms with Gasteiger partial charge in [0.25, 0.3) is 11.7 Å². The second kappa shape index (κ2) is 8.51. The van der Waals surface area contributed by atoms with Crippen molar-refractivity contribution >= 4 is 29.1 Å². The Balaban J connectivity index is 1.92. The number of esters is 1. The molecule has 6 heteroatoms. The van der Waals surface area contributed by atoms with Crippen LogP contribution in [0, 0.1) is 6.92 Å². The number of carbonyl (C=O) groups is 3. The molecule has 1 atom stereocenters. The lowest BCUT2D eigenvalue weighted by molar-refractivity contribution is -0.132. The van der Waals surface area contributed by atoms with Gasteiger partial charge < -0.3 is 9.84 Å². The molecule has 0 spiro atoms. The molecule has 1 fully saturated rings. The van der Waals surface area contributed by atoms with E-state index in [-0.39, 0.29) is 16.9 Å². The Morgan fingerprint density at radius 1 is 0.906 bits per heavy atom. The van der Waals surface area contributed by atoms with Gasteiger partial charge in [-0.05, 0) is 30.7 Å². The first kappa shape index (κ1) is 21.1. The van der Waals surface area contributed by atoms with Gasteiger partial charge >= 0.3 is 5.97 Å². The minimum Gasteiger partial charge on any atom is -0.507 e. The number of hydrogen-bond acceptors (Lipinski definition) is 5. The Kier molecular flexibility index (Phi) is 5.60. The van der Waals surface area contributed by atoms with Crippen LogP contribution in [0.5, 0.6) is 0 Å². The lowest BCUT2D eigenvalue weighted by Gasteiger charge is -2.25. The van der Waals surface area contributed by atoms with Crippen molar-refractivity contribution in [3.8, 4) is 0 Å². The molecule has 0 radical (unpaired) electrons. The second-order valence-electron chi connectivity index (χ2n) is 7.49. The van der Waals surface area contributed by atoms with Crippen molar-refractivity contribution in [1.29, 1.82) is 0 Å². The number of carbonyl (C=O) groups excluding carboxylic acids is 3. The van der Waals surface area contributed by atoms with Gasteiger partial charge in [0, 0.05) is 11.3 Å². The Morgan fingerprint density at radius 2 is 1.59 bits per heavy atom. The standard InChI is InChI=1S/C26H21NO5/c1-16-11-13-18(14-12-16)23(28)21-22(17-7-4-3-5-8-17)27(25(30)24(21)29)20-10-6-9-19(15-20)26(31)32-2/h3-15,22,28H,1-2H3/b23-21+. The lowest BCUT2D eigenvalue weighted by Crippen LogP contribution is -2.29. The first-order valence-corrected chi connectivity index (χ1v) is 10.0. The van der Waals surface area contributed by atoms with Gasteiger partial charge in [-0.2, -0.15) is 0 Å². The maximum atomic E-state index is 13.2. The van der Waals surface area contributed by atoms with Crippen LogP contribution in [0.3, 0.4) is 0 Å². The average Bonchev–Trinajstić information content (AvgIpc) is 3.09. The fourth-order valence-corrected chi connectivity index (χ4v) is 3.82. The smallest absolute Gasteiger partial charge is 0.337 e. The minimum atomic E-state index is -0.856. The number of anilines is 1. The summed E-state index contributed by atoms with van der Waals surface area (Å²) in [5, 5.41) is 11.1. The highest BCUT2D eigenvalue weighted by atomic mass is 16.5. The molecule has 1 saturated heterocycles. The highest BCUT2D eigenvalue weighted by Gasteiger charge is 2.47. The van der Waals surface area contributed by atoms with Crippen LogP contribution >= 0.6 is 0 Å². The Bertz CT molecular complexity index is 1230. The third kappa shape index (κ3) is 3.67. The molecule has 1 aliphatic rings. The largest absolute Gasteiger partial charge is 0.507 e. The maximum Gasteiger partial charge on any atom is 0.337 e. The topological polar surface area (TPSA) is 83.9 Å². The van der Waals surface area contributed by atoms with Crippen molar-refractivity contribution in [2.24, 2.45) is 0 Å². The Morgan fingerprint density at radius 3 is 2.25 bits per heavy atom. The van der Waals surface area contributed by atoms with E-state index in [2.05, 4.69) is 0 Å². The van der Waals surface area contributed by atoms with Crippen molar-refractivity contribution in [2.75, 3.05) is 12.0 Å². The van der Waals surface area contributed by atoms with E-state index in [1.807, 2.05) is 25.1 Å². The number of hydrogen-bond donors (Lipinski definition) is 1. The molecule has 0 aliphatic carbocycles. The van der Waals surface area contributed by atoms with E-state index >= 15 is 0 Å². The number of aliphatic hydroxyl groups is 1. The summed E-state index contributed by atoms with van der Waals surface area (Å²) in [4.78, 5) is 39.6. The molecule has 0 saturated carbocycles. The van der Waals surface area contributed by atoms with Crippen LogP contribution in [0.1, 0.15) is 33.1 Å². The van der Waals surface area contributed by atoms with Crippen LogP contribution in [0.2, 0.25) is 0 Å².